The van der Waals surface area contributed by atoms with Gasteiger partial charge in [0.25, 0.3) is 0 Å². The Kier molecular flexibility index (Phi) is 19.6. The smallest absolute Gasteiger partial charge is 0.306 e. The molecule has 15 nitrogen and oxygen atoms in total. The Bertz CT molecular complexity index is 1550. The summed E-state index contributed by atoms with van der Waals surface area (Å²) in [5.41, 5.74) is 13.2. The number of nitrogens with two attached hydrogens (primary N) is 2. The normalized spacial score (nSPS) is 23.3. The highest BCUT2D eigenvalue weighted by Crippen LogP contribution is 2.24. The fourth-order valence-corrected chi connectivity index (χ4v) is 7.44. The Hall–Kier alpha value is -4.34. The van der Waals surface area contributed by atoms with Gasteiger partial charge in [-0.2, -0.15) is 0 Å². The molecule has 0 aromatic heterocycles. The van der Waals surface area contributed by atoms with Crippen molar-refractivity contribution < 1.29 is 39.0 Å². The number of phenols is 1. The van der Waals surface area contributed by atoms with Gasteiger partial charge in [0.2, 0.25) is 23.6 Å². The summed E-state index contributed by atoms with van der Waals surface area (Å²) < 4.78 is 0. The van der Waals surface area contributed by atoms with Gasteiger partial charge < -0.3 is 47.8 Å². The van der Waals surface area contributed by atoms with Crippen molar-refractivity contribution in [3.63, 3.8) is 0 Å². The molecule has 0 spiro atoms. The van der Waals surface area contributed by atoms with Gasteiger partial charge in [0.1, 0.15) is 23.9 Å². The molecule has 3 rings (SSSR count). The molecule has 57 heavy (non-hydrogen) atoms. The number of aliphatic carboxylic acids is 1. The lowest BCUT2D eigenvalue weighted by molar-refractivity contribution is -0.145. The molecule has 2 bridgehead atoms. The highest BCUT2D eigenvalue weighted by molar-refractivity contribution is 5.97. The van der Waals surface area contributed by atoms with Crippen LogP contribution in [0.4, 0.5) is 0 Å². The van der Waals surface area contributed by atoms with E-state index in [4.69, 9.17) is 11.5 Å². The van der Waals surface area contributed by atoms with Gasteiger partial charge in [0.05, 0.1) is 18.0 Å². The van der Waals surface area contributed by atoms with Crippen molar-refractivity contribution in [2.45, 2.75) is 135 Å². The predicted octanol–water partition coefficient (Wildman–Crippen LogP) is 2.07. The molecule has 1 saturated heterocycles. The molecule has 15 heteroatoms. The van der Waals surface area contributed by atoms with Crippen molar-refractivity contribution in [1.82, 2.24) is 26.2 Å². The monoisotopic (exact) mass is 798 g/mol. The molecule has 4 amide bonds. The molecular weight excluding hydrogens is 731 g/mol. The number of fused-ring (bicyclic) bond motifs is 3. The fourth-order valence-electron chi connectivity index (χ4n) is 7.44. The Morgan fingerprint density at radius 2 is 1.79 bits per heavy atom. The maximum atomic E-state index is 14.3. The molecule has 7 atom stereocenters. The first-order valence-electron chi connectivity index (χ1n) is 20.8. The summed E-state index contributed by atoms with van der Waals surface area (Å²) in [6.07, 6.45) is 8.80. The van der Waals surface area contributed by atoms with Crippen LogP contribution in [0.3, 0.4) is 0 Å². The van der Waals surface area contributed by atoms with Gasteiger partial charge in [-0.25, -0.2) is 0 Å². The van der Waals surface area contributed by atoms with Gasteiger partial charge in [0.15, 0.2) is 5.78 Å². The number of unbranched alkanes of at least 4 members (excludes halogenated alkanes) is 1. The SMILES string of the molecule is CCC(C)[C@H](NC(=O)[C@@H]1Cc2ccc(O)c(c2)CC=CCCCNC[C@H](N)C(=O)N[C@@H](CCCCN)C(=O)N2CCC[C@H]2C(=O)N1)C(=O)C[C@@H](CC(C)C)C(=O)O. The maximum Gasteiger partial charge on any atom is 0.306 e. The maximum absolute atomic E-state index is 14.3. The number of benzene rings is 1. The number of carboxylic acid groups (broad SMARTS) is 1. The zero-order valence-electron chi connectivity index (χ0n) is 34.3. The second-order valence-electron chi connectivity index (χ2n) is 16.1. The molecule has 0 aliphatic carbocycles. The van der Waals surface area contributed by atoms with Crippen molar-refractivity contribution in [2.75, 3.05) is 26.2 Å². The number of carboxylic acids is 1. The van der Waals surface area contributed by atoms with Gasteiger partial charge in [-0.05, 0) is 99.9 Å². The molecule has 1 fully saturated rings. The van der Waals surface area contributed by atoms with Crippen LogP contribution in [0.5, 0.6) is 5.75 Å². The Morgan fingerprint density at radius 1 is 1.04 bits per heavy atom. The fraction of sp³-hybridized carbons (Fsp3) is 0.667. The average molecular weight is 798 g/mol. The van der Waals surface area contributed by atoms with Crippen LogP contribution in [0.25, 0.3) is 0 Å². The van der Waals surface area contributed by atoms with Gasteiger partial charge in [-0.1, -0.05) is 58.4 Å². The van der Waals surface area contributed by atoms with Crippen LogP contribution in [0.2, 0.25) is 0 Å². The lowest BCUT2D eigenvalue weighted by Crippen LogP contribution is -2.59. The summed E-state index contributed by atoms with van der Waals surface area (Å²) in [5.74, 6) is -4.71. The number of nitrogens with zero attached hydrogens (tertiary/aromatic N) is 1. The number of ketones is 1. The molecule has 2 aliphatic rings. The van der Waals surface area contributed by atoms with Crippen molar-refractivity contribution in [1.29, 1.82) is 0 Å². The van der Waals surface area contributed by atoms with Crippen molar-refractivity contribution >= 4 is 35.4 Å². The number of rotatable bonds is 14. The highest BCUT2D eigenvalue weighted by Gasteiger charge is 2.40. The molecule has 1 unspecified atom stereocenters. The third kappa shape index (κ3) is 14.8. The first kappa shape index (κ1) is 47.0. The zero-order valence-corrected chi connectivity index (χ0v) is 34.3. The van der Waals surface area contributed by atoms with Crippen molar-refractivity contribution in [3.8, 4) is 5.75 Å². The van der Waals surface area contributed by atoms with Gasteiger partial charge in [-0.15, -0.1) is 0 Å². The number of phenolic OH excluding ortho intramolecular Hbond substituents is 1. The van der Waals surface area contributed by atoms with Gasteiger partial charge in [0, 0.05) is 25.9 Å². The number of carbonyl (C=O) groups is 6. The lowest BCUT2D eigenvalue weighted by atomic mass is 9.86. The van der Waals surface area contributed by atoms with E-state index in [1.807, 2.05) is 39.8 Å². The number of aromatic hydroxyl groups is 1. The highest BCUT2D eigenvalue weighted by atomic mass is 16.4. The minimum atomic E-state index is -1.20. The van der Waals surface area contributed by atoms with Crippen molar-refractivity contribution in [3.05, 3.63) is 41.5 Å². The molecule has 2 heterocycles. The van der Waals surface area contributed by atoms with E-state index >= 15 is 0 Å². The third-order valence-corrected chi connectivity index (χ3v) is 11.0. The topological polar surface area (TPSA) is 246 Å². The molecule has 0 saturated carbocycles. The van der Waals surface area contributed by atoms with Crippen LogP contribution < -0.4 is 32.7 Å². The van der Waals surface area contributed by atoms with Crippen LogP contribution >= 0.6 is 0 Å². The number of allylic oxidation sites excluding steroid dienone is 2. The van der Waals surface area contributed by atoms with E-state index in [9.17, 15) is 39.0 Å². The van der Waals surface area contributed by atoms with Crippen LogP contribution in [-0.2, 0) is 41.6 Å². The van der Waals surface area contributed by atoms with Gasteiger partial charge >= 0.3 is 5.97 Å². The quantitative estimate of drug-likeness (QED) is 0.100. The zero-order chi connectivity index (χ0) is 42.1. The van der Waals surface area contributed by atoms with E-state index < -0.39 is 71.5 Å². The number of Topliss-reactive ketones (excluding diaryl/α,β-unsaturated/α-hetero) is 1. The second kappa shape index (κ2) is 23.8. The van der Waals surface area contributed by atoms with E-state index in [1.54, 1.807) is 18.2 Å². The minimum absolute atomic E-state index is 0.00306. The van der Waals surface area contributed by atoms with Crippen LogP contribution in [0.15, 0.2) is 30.4 Å². The number of hydrogen-bond acceptors (Lipinski definition) is 10. The molecular formula is C42H67N7O8. The van der Waals surface area contributed by atoms with Crippen molar-refractivity contribution in [2.24, 2.45) is 29.2 Å². The Labute approximate surface area is 337 Å². The second-order valence-corrected chi connectivity index (χ2v) is 16.1. The first-order valence-corrected chi connectivity index (χ1v) is 20.8. The number of hydrogen-bond donors (Lipinski definition) is 8. The summed E-state index contributed by atoms with van der Waals surface area (Å²) in [5, 5.41) is 32.3. The number of nitrogens with one attached hydrogen (secondary N) is 4. The van der Waals surface area contributed by atoms with E-state index in [-0.39, 0.29) is 43.5 Å². The molecule has 1 aromatic carbocycles. The Balaban J connectivity index is 2.00. The van der Waals surface area contributed by atoms with Crippen LogP contribution in [-0.4, -0.2) is 107 Å². The van der Waals surface area contributed by atoms with E-state index in [0.29, 0.717) is 75.6 Å². The minimum Gasteiger partial charge on any atom is -0.508 e. The van der Waals surface area contributed by atoms with Gasteiger partial charge in [-0.3, -0.25) is 28.8 Å². The first-order chi connectivity index (χ1) is 27.2. The lowest BCUT2D eigenvalue weighted by Gasteiger charge is -2.31. The summed E-state index contributed by atoms with van der Waals surface area (Å²) >= 11 is 0. The summed E-state index contributed by atoms with van der Waals surface area (Å²) in [6.45, 7) is 8.96. The largest absolute Gasteiger partial charge is 0.508 e. The predicted molar refractivity (Wildman–Crippen MR) is 218 cm³/mol. The van der Waals surface area contributed by atoms with E-state index in [2.05, 4.69) is 21.3 Å². The van der Waals surface area contributed by atoms with E-state index in [1.165, 1.54) is 4.90 Å². The van der Waals surface area contributed by atoms with E-state index in [0.717, 1.165) is 12.8 Å². The molecule has 318 valence electrons. The number of carbonyl (C=O) groups excluding carboxylic acids is 5. The standard InChI is InChI=1S/C42H67N7O8/c1-5-27(4)37(36(51)24-30(42(56)57)21-26(2)3)48-39(53)33-23-28-16-17-35(50)29(22-28)13-8-6-7-11-19-45-25-31(44)38(52)46-32(14-9-10-18-43)41(55)49-20-12-15-34(49)40(54)47-33/h6,8,16-17,22,26-27,30-34,37,45,50H,5,7,9-15,18-21,23-25,43-44H2,1-4H3,(H,46,52)(H,47,54)(H,48,53)(H,56,57)/t27?,30-,31+,32+,33+,34+,37+/m1/s1. The third-order valence-electron chi connectivity index (χ3n) is 11.0. The van der Waals surface area contributed by atoms with Crippen LogP contribution in [0, 0.1) is 17.8 Å². The number of amides is 4. The summed E-state index contributed by atoms with van der Waals surface area (Å²) in [4.78, 5) is 83.1. The van der Waals surface area contributed by atoms with Crippen LogP contribution in [0.1, 0.15) is 103 Å². The molecule has 1 aromatic rings. The molecule has 0 radical (unpaired) electrons. The summed E-state index contributed by atoms with van der Waals surface area (Å²) in [6, 6.07) is 0.00906. The molecule has 10 N–H and O–H groups in total. The summed E-state index contributed by atoms with van der Waals surface area (Å²) in [7, 11) is 0. The Morgan fingerprint density at radius 3 is 2.47 bits per heavy atom. The average Bonchev–Trinajstić information content (AvgIpc) is 3.67. The molecule has 2 aliphatic heterocycles.